The van der Waals surface area contributed by atoms with E-state index in [4.69, 9.17) is 5.11 Å². The lowest BCUT2D eigenvalue weighted by molar-refractivity contribution is -0.137. The van der Waals surface area contributed by atoms with E-state index in [-0.39, 0.29) is 6.42 Å². The Hall–Kier alpha value is -1.57. The molecule has 0 aliphatic heterocycles. The van der Waals surface area contributed by atoms with Crippen molar-refractivity contribution in [3.8, 4) is 0 Å². The summed E-state index contributed by atoms with van der Waals surface area (Å²) in [5, 5.41) is 8.49. The quantitative estimate of drug-likeness (QED) is 0.235. The number of carboxylic acid groups (broad SMARTS) is 1. The van der Waals surface area contributed by atoms with Gasteiger partial charge in [0.25, 0.3) is 0 Å². The van der Waals surface area contributed by atoms with Crippen molar-refractivity contribution < 1.29 is 9.90 Å². The summed E-state index contributed by atoms with van der Waals surface area (Å²) in [6.07, 6.45) is 27.3. The van der Waals surface area contributed by atoms with E-state index in [0.29, 0.717) is 0 Å². The molecule has 2 nitrogen and oxygen atoms in total. The Morgan fingerprint density at radius 2 is 1.36 bits per heavy atom. The zero-order valence-electron chi connectivity index (χ0n) is 14.0. The van der Waals surface area contributed by atoms with Crippen LogP contribution in [0.15, 0.2) is 48.6 Å². The molecule has 22 heavy (non-hydrogen) atoms. The predicted octanol–water partition coefficient (Wildman–Crippen LogP) is 6.22. The van der Waals surface area contributed by atoms with Crippen molar-refractivity contribution in [1.82, 2.24) is 0 Å². The maximum atomic E-state index is 10.3. The largest absolute Gasteiger partial charge is 0.481 e. The summed E-state index contributed by atoms with van der Waals surface area (Å²) in [4.78, 5) is 10.3. The van der Waals surface area contributed by atoms with Crippen LogP contribution in [-0.4, -0.2) is 11.1 Å². The molecular formula is C20H32O2. The molecule has 0 spiro atoms. The lowest BCUT2D eigenvalue weighted by Gasteiger charge is -1.90. The predicted molar refractivity (Wildman–Crippen MR) is 96.0 cm³/mol. The van der Waals surface area contributed by atoms with Crippen LogP contribution in [0.1, 0.15) is 71.1 Å². The number of aliphatic carboxylic acids is 1. The molecule has 124 valence electrons. The molecule has 0 atom stereocenters. The average Bonchev–Trinajstić information content (AvgIpc) is 2.50. The summed E-state index contributed by atoms with van der Waals surface area (Å²) in [6, 6.07) is 0. The highest BCUT2D eigenvalue weighted by Gasteiger charge is 1.92. The molecule has 0 aliphatic rings. The molecule has 0 fully saturated rings. The van der Waals surface area contributed by atoms with Crippen LogP contribution < -0.4 is 0 Å². The van der Waals surface area contributed by atoms with E-state index >= 15 is 0 Å². The summed E-state index contributed by atoms with van der Waals surface area (Å²) < 4.78 is 0. The molecule has 0 bridgehead atoms. The van der Waals surface area contributed by atoms with Gasteiger partial charge >= 0.3 is 5.97 Å². The van der Waals surface area contributed by atoms with Gasteiger partial charge in [0.15, 0.2) is 0 Å². The number of carbonyl (C=O) groups is 1. The van der Waals surface area contributed by atoms with E-state index in [1.54, 1.807) is 0 Å². The molecule has 0 unspecified atom stereocenters. The van der Waals surface area contributed by atoms with Crippen LogP contribution in [-0.2, 0) is 4.79 Å². The van der Waals surface area contributed by atoms with Gasteiger partial charge in [0.05, 0.1) is 0 Å². The van der Waals surface area contributed by atoms with E-state index in [0.717, 1.165) is 32.1 Å². The first-order valence-corrected chi connectivity index (χ1v) is 8.60. The Labute approximate surface area is 136 Å². The van der Waals surface area contributed by atoms with Gasteiger partial charge in [0, 0.05) is 6.42 Å². The molecule has 0 saturated carbocycles. The minimum atomic E-state index is -0.711. The van der Waals surface area contributed by atoms with Gasteiger partial charge in [-0.25, -0.2) is 0 Å². The fourth-order valence-electron chi connectivity index (χ4n) is 1.93. The fourth-order valence-corrected chi connectivity index (χ4v) is 1.93. The second kappa shape index (κ2) is 17.5. The van der Waals surface area contributed by atoms with Gasteiger partial charge in [-0.3, -0.25) is 4.79 Å². The summed E-state index contributed by atoms with van der Waals surface area (Å²) in [5.41, 5.74) is 0. The van der Waals surface area contributed by atoms with Crippen LogP contribution in [0.4, 0.5) is 0 Å². The first kappa shape index (κ1) is 20.4. The molecule has 0 heterocycles. The maximum absolute atomic E-state index is 10.3. The van der Waals surface area contributed by atoms with Crippen molar-refractivity contribution in [3.05, 3.63) is 48.6 Å². The number of hydrogen-bond acceptors (Lipinski definition) is 1. The van der Waals surface area contributed by atoms with Crippen LogP contribution in [0.3, 0.4) is 0 Å². The second-order valence-corrected chi connectivity index (χ2v) is 5.39. The number of rotatable bonds is 14. The zero-order chi connectivity index (χ0) is 16.3. The van der Waals surface area contributed by atoms with Gasteiger partial charge in [-0.15, -0.1) is 0 Å². The molecule has 0 aliphatic carbocycles. The fraction of sp³-hybridized carbons (Fsp3) is 0.550. The summed E-state index contributed by atoms with van der Waals surface area (Å²) >= 11 is 0. The number of carboxylic acids is 1. The lowest BCUT2D eigenvalue weighted by Crippen LogP contribution is -1.92. The minimum absolute atomic E-state index is 0.263. The average molecular weight is 304 g/mol. The number of allylic oxidation sites excluding steroid dienone is 8. The van der Waals surface area contributed by atoms with Crippen LogP contribution in [0.2, 0.25) is 0 Å². The Morgan fingerprint density at radius 1 is 0.773 bits per heavy atom. The third-order valence-corrected chi connectivity index (χ3v) is 3.22. The van der Waals surface area contributed by atoms with E-state index < -0.39 is 5.97 Å². The molecule has 0 amide bonds. The van der Waals surface area contributed by atoms with Crippen molar-refractivity contribution in [2.75, 3.05) is 0 Å². The van der Waals surface area contributed by atoms with Crippen LogP contribution in [0.5, 0.6) is 0 Å². The second-order valence-electron chi connectivity index (χ2n) is 5.39. The van der Waals surface area contributed by atoms with Crippen molar-refractivity contribution in [2.24, 2.45) is 0 Å². The molecule has 0 aromatic carbocycles. The van der Waals surface area contributed by atoms with Gasteiger partial charge in [-0.05, 0) is 44.9 Å². The van der Waals surface area contributed by atoms with Crippen LogP contribution in [0, 0.1) is 0 Å². The topological polar surface area (TPSA) is 37.3 Å². The van der Waals surface area contributed by atoms with E-state index in [1.807, 2.05) is 0 Å². The molecule has 0 rings (SSSR count). The standard InChI is InChI=1S/C20H32O2/c1-2-3-4-5-6-7-8-9-10-11-12-13-14-15-16-17-18-19-20(21)22/h6-9,12-13,15-16H,2-5,10-11,14,17-19H2,1H3,(H,21,22)/b7-6+,9-8+,13-12+,16-15+. The van der Waals surface area contributed by atoms with Crippen LogP contribution in [0.25, 0.3) is 0 Å². The maximum Gasteiger partial charge on any atom is 0.303 e. The summed E-state index contributed by atoms with van der Waals surface area (Å²) in [5.74, 6) is -0.711. The van der Waals surface area contributed by atoms with Gasteiger partial charge < -0.3 is 5.11 Å². The van der Waals surface area contributed by atoms with Crippen molar-refractivity contribution in [1.29, 1.82) is 0 Å². The first-order valence-electron chi connectivity index (χ1n) is 8.60. The smallest absolute Gasteiger partial charge is 0.303 e. The van der Waals surface area contributed by atoms with E-state index in [9.17, 15) is 4.79 Å². The molecule has 0 aromatic rings. The van der Waals surface area contributed by atoms with E-state index in [2.05, 4.69) is 55.5 Å². The highest BCUT2D eigenvalue weighted by molar-refractivity contribution is 5.66. The Kier molecular flexibility index (Phi) is 16.2. The molecule has 1 N–H and O–H groups in total. The van der Waals surface area contributed by atoms with Crippen LogP contribution >= 0.6 is 0 Å². The monoisotopic (exact) mass is 304 g/mol. The Bertz CT molecular complexity index is 362. The number of hydrogen-bond donors (Lipinski definition) is 1. The molecule has 2 heteroatoms. The highest BCUT2D eigenvalue weighted by Crippen LogP contribution is 2.01. The third-order valence-electron chi connectivity index (χ3n) is 3.22. The van der Waals surface area contributed by atoms with Crippen molar-refractivity contribution in [2.45, 2.75) is 71.1 Å². The number of unbranched alkanes of at least 4 members (excludes halogenated alkanes) is 5. The van der Waals surface area contributed by atoms with Crippen molar-refractivity contribution >= 4 is 5.97 Å². The first-order chi connectivity index (χ1) is 10.8. The van der Waals surface area contributed by atoms with Crippen molar-refractivity contribution in [3.63, 3.8) is 0 Å². The summed E-state index contributed by atoms with van der Waals surface area (Å²) in [6.45, 7) is 2.23. The van der Waals surface area contributed by atoms with Gasteiger partial charge in [0.2, 0.25) is 0 Å². The Balaban J connectivity index is 3.39. The summed E-state index contributed by atoms with van der Waals surface area (Å²) in [7, 11) is 0. The Morgan fingerprint density at radius 3 is 2.05 bits per heavy atom. The third kappa shape index (κ3) is 18.4. The molecule has 0 aromatic heterocycles. The SMILES string of the molecule is CCCCC/C=C/C=C/CC/C=C/C/C=C/CCCC(=O)O. The van der Waals surface area contributed by atoms with Gasteiger partial charge in [-0.2, -0.15) is 0 Å². The lowest BCUT2D eigenvalue weighted by atomic mass is 10.2. The van der Waals surface area contributed by atoms with E-state index in [1.165, 1.54) is 25.7 Å². The zero-order valence-corrected chi connectivity index (χ0v) is 14.0. The molecule has 0 radical (unpaired) electrons. The highest BCUT2D eigenvalue weighted by atomic mass is 16.4. The normalized spacial score (nSPS) is 12.4. The minimum Gasteiger partial charge on any atom is -0.481 e. The van der Waals surface area contributed by atoms with Gasteiger partial charge in [-0.1, -0.05) is 68.4 Å². The molecule has 0 saturated heterocycles. The molecular weight excluding hydrogens is 272 g/mol. The van der Waals surface area contributed by atoms with Gasteiger partial charge in [0.1, 0.15) is 0 Å².